The Morgan fingerprint density at radius 3 is 2.76 bits per heavy atom. The van der Waals surface area contributed by atoms with Gasteiger partial charge in [-0.2, -0.15) is 4.98 Å². The summed E-state index contributed by atoms with van der Waals surface area (Å²) in [6, 6.07) is 0. The van der Waals surface area contributed by atoms with Crippen LogP contribution in [0.1, 0.15) is 13.8 Å². The van der Waals surface area contributed by atoms with Crippen LogP contribution >= 0.6 is 0 Å². The van der Waals surface area contributed by atoms with Crippen LogP contribution in [0.3, 0.4) is 0 Å². The molecule has 8 heteroatoms. The molecule has 0 aromatic carbocycles. The van der Waals surface area contributed by atoms with E-state index < -0.39 is 4.92 Å². The van der Waals surface area contributed by atoms with Gasteiger partial charge in [0, 0.05) is 13.6 Å². The summed E-state index contributed by atoms with van der Waals surface area (Å²) in [7, 11) is 1.75. The van der Waals surface area contributed by atoms with Gasteiger partial charge in [-0.3, -0.25) is 15.5 Å². The molecular weight excluding hydrogens is 224 g/mol. The third-order valence-corrected chi connectivity index (χ3v) is 2.08. The first-order valence-electron chi connectivity index (χ1n) is 5.15. The Labute approximate surface area is 99.0 Å². The van der Waals surface area contributed by atoms with Crippen molar-refractivity contribution in [2.24, 2.45) is 11.8 Å². The fourth-order valence-electron chi connectivity index (χ4n) is 1.48. The maximum Gasteiger partial charge on any atom is 0.329 e. The van der Waals surface area contributed by atoms with Crippen LogP contribution < -0.4 is 16.2 Å². The Balaban J connectivity index is 3.12. The van der Waals surface area contributed by atoms with Gasteiger partial charge in [0.15, 0.2) is 0 Å². The molecule has 1 rings (SSSR count). The number of nitrogens with one attached hydrogen (secondary N) is 1. The SMILES string of the molecule is CC(C)CN(C)c1nc(NN)ncc1[N+](=O)[O-]. The first kappa shape index (κ1) is 13.1. The molecule has 0 fully saturated rings. The molecule has 0 spiro atoms. The minimum absolute atomic E-state index is 0.132. The van der Waals surface area contributed by atoms with E-state index >= 15 is 0 Å². The number of aromatic nitrogens is 2. The lowest BCUT2D eigenvalue weighted by Crippen LogP contribution is -2.25. The van der Waals surface area contributed by atoms with Crippen LogP contribution in [0, 0.1) is 16.0 Å². The second kappa shape index (κ2) is 5.39. The van der Waals surface area contributed by atoms with Gasteiger partial charge in [-0.1, -0.05) is 13.8 Å². The molecular formula is C9H16N6O2. The third-order valence-electron chi connectivity index (χ3n) is 2.08. The Morgan fingerprint density at radius 1 is 1.65 bits per heavy atom. The van der Waals surface area contributed by atoms with E-state index in [0.717, 1.165) is 6.20 Å². The van der Waals surface area contributed by atoms with Crippen LogP contribution in [0.25, 0.3) is 0 Å². The molecule has 0 aliphatic heterocycles. The Hall–Kier alpha value is -1.96. The zero-order valence-electron chi connectivity index (χ0n) is 10.0. The van der Waals surface area contributed by atoms with Gasteiger partial charge in [0.05, 0.1) is 4.92 Å². The summed E-state index contributed by atoms with van der Waals surface area (Å²) in [5.41, 5.74) is 2.14. The van der Waals surface area contributed by atoms with Gasteiger partial charge in [0.2, 0.25) is 11.8 Å². The zero-order chi connectivity index (χ0) is 13.0. The number of nitrogens with two attached hydrogens (primary N) is 1. The number of hydrogen-bond donors (Lipinski definition) is 2. The van der Waals surface area contributed by atoms with Crippen LogP contribution in [0.2, 0.25) is 0 Å². The molecule has 94 valence electrons. The van der Waals surface area contributed by atoms with Crippen LogP contribution in [-0.2, 0) is 0 Å². The average Bonchev–Trinajstić information content (AvgIpc) is 2.27. The van der Waals surface area contributed by atoms with Crippen molar-refractivity contribution in [3.05, 3.63) is 16.3 Å². The molecule has 0 aliphatic rings. The predicted octanol–water partition coefficient (Wildman–Crippen LogP) is 0.763. The standard InChI is InChI=1S/C9H16N6O2/c1-6(2)5-14(3)8-7(15(16)17)4-11-9(12-8)13-10/h4,6H,5,10H2,1-3H3,(H,11,12,13). The van der Waals surface area contributed by atoms with E-state index in [4.69, 9.17) is 5.84 Å². The van der Waals surface area contributed by atoms with E-state index in [9.17, 15) is 10.1 Å². The Kier molecular flexibility index (Phi) is 4.16. The molecule has 3 N–H and O–H groups in total. The largest absolute Gasteiger partial charge is 0.354 e. The van der Waals surface area contributed by atoms with Gasteiger partial charge < -0.3 is 4.90 Å². The Morgan fingerprint density at radius 2 is 2.29 bits per heavy atom. The van der Waals surface area contributed by atoms with Crippen molar-refractivity contribution in [1.82, 2.24) is 9.97 Å². The summed E-state index contributed by atoms with van der Waals surface area (Å²) in [5, 5.41) is 10.9. The normalized spacial score (nSPS) is 10.4. The lowest BCUT2D eigenvalue weighted by molar-refractivity contribution is -0.384. The molecule has 0 amide bonds. The van der Waals surface area contributed by atoms with E-state index in [1.807, 2.05) is 13.8 Å². The molecule has 17 heavy (non-hydrogen) atoms. The maximum atomic E-state index is 10.9. The molecule has 0 bridgehead atoms. The van der Waals surface area contributed by atoms with Crippen molar-refractivity contribution in [2.75, 3.05) is 23.9 Å². The number of hydrazine groups is 1. The lowest BCUT2D eigenvalue weighted by Gasteiger charge is -2.20. The number of nitrogens with zero attached hydrogens (tertiary/aromatic N) is 4. The van der Waals surface area contributed by atoms with Crippen molar-refractivity contribution in [3.63, 3.8) is 0 Å². The van der Waals surface area contributed by atoms with Crippen LogP contribution in [0.15, 0.2) is 6.20 Å². The average molecular weight is 240 g/mol. The summed E-state index contributed by atoms with van der Waals surface area (Å²) in [6.07, 6.45) is 1.15. The van der Waals surface area contributed by atoms with Crippen LogP contribution in [-0.4, -0.2) is 28.5 Å². The topological polar surface area (TPSA) is 110 Å². The van der Waals surface area contributed by atoms with Gasteiger partial charge in [0.25, 0.3) is 0 Å². The molecule has 8 nitrogen and oxygen atoms in total. The second-order valence-corrected chi connectivity index (χ2v) is 4.08. The monoisotopic (exact) mass is 240 g/mol. The molecule has 0 atom stereocenters. The van der Waals surface area contributed by atoms with Crippen molar-refractivity contribution in [1.29, 1.82) is 0 Å². The fourth-order valence-corrected chi connectivity index (χ4v) is 1.48. The lowest BCUT2D eigenvalue weighted by atomic mass is 10.2. The first-order chi connectivity index (χ1) is 7.95. The van der Waals surface area contributed by atoms with E-state index in [1.165, 1.54) is 0 Å². The highest BCUT2D eigenvalue weighted by atomic mass is 16.6. The number of rotatable bonds is 5. The van der Waals surface area contributed by atoms with Gasteiger partial charge in [0.1, 0.15) is 6.20 Å². The van der Waals surface area contributed by atoms with Crippen molar-refractivity contribution in [3.8, 4) is 0 Å². The van der Waals surface area contributed by atoms with Gasteiger partial charge in [-0.05, 0) is 5.92 Å². The van der Waals surface area contributed by atoms with E-state index in [1.54, 1.807) is 11.9 Å². The highest BCUT2D eigenvalue weighted by molar-refractivity contribution is 5.58. The van der Waals surface area contributed by atoms with Crippen LogP contribution in [0.5, 0.6) is 0 Å². The Bertz CT molecular complexity index is 408. The fraction of sp³-hybridized carbons (Fsp3) is 0.556. The van der Waals surface area contributed by atoms with Gasteiger partial charge in [-0.25, -0.2) is 10.8 Å². The molecule has 0 radical (unpaired) electrons. The summed E-state index contributed by atoms with van der Waals surface area (Å²) in [5.74, 6) is 5.96. The van der Waals surface area contributed by atoms with Crippen molar-refractivity contribution in [2.45, 2.75) is 13.8 Å². The summed E-state index contributed by atoms with van der Waals surface area (Å²) >= 11 is 0. The van der Waals surface area contributed by atoms with Crippen molar-refractivity contribution < 1.29 is 4.92 Å². The summed E-state index contributed by atoms with van der Waals surface area (Å²) in [6.45, 7) is 4.69. The highest BCUT2D eigenvalue weighted by Crippen LogP contribution is 2.25. The second-order valence-electron chi connectivity index (χ2n) is 4.08. The molecule has 1 heterocycles. The summed E-state index contributed by atoms with van der Waals surface area (Å²) in [4.78, 5) is 19.8. The molecule has 0 aliphatic carbocycles. The molecule has 1 aromatic rings. The maximum absolute atomic E-state index is 10.9. The smallest absolute Gasteiger partial charge is 0.329 e. The van der Waals surface area contributed by atoms with E-state index in [0.29, 0.717) is 12.5 Å². The number of hydrogen-bond acceptors (Lipinski definition) is 7. The van der Waals surface area contributed by atoms with Crippen LogP contribution in [0.4, 0.5) is 17.5 Å². The zero-order valence-corrected chi connectivity index (χ0v) is 10.0. The third kappa shape index (κ3) is 3.25. The number of nitro groups is 1. The number of anilines is 2. The predicted molar refractivity (Wildman–Crippen MR) is 64.6 cm³/mol. The molecule has 1 aromatic heterocycles. The molecule has 0 unspecified atom stereocenters. The van der Waals surface area contributed by atoms with E-state index in [-0.39, 0.29) is 17.5 Å². The quantitative estimate of drug-likeness (QED) is 0.444. The minimum Gasteiger partial charge on any atom is -0.354 e. The first-order valence-corrected chi connectivity index (χ1v) is 5.15. The van der Waals surface area contributed by atoms with E-state index in [2.05, 4.69) is 15.4 Å². The highest BCUT2D eigenvalue weighted by Gasteiger charge is 2.20. The van der Waals surface area contributed by atoms with Gasteiger partial charge in [-0.15, -0.1) is 0 Å². The van der Waals surface area contributed by atoms with Gasteiger partial charge >= 0.3 is 5.69 Å². The minimum atomic E-state index is -0.507. The molecule has 0 saturated carbocycles. The number of nitrogen functional groups attached to an aromatic ring is 1. The van der Waals surface area contributed by atoms with Crippen molar-refractivity contribution >= 4 is 17.5 Å². The summed E-state index contributed by atoms with van der Waals surface area (Å²) < 4.78 is 0. The molecule has 0 saturated heterocycles.